The van der Waals surface area contributed by atoms with Crippen LogP contribution < -0.4 is 3.72 Å². The van der Waals surface area contributed by atoms with Crippen molar-refractivity contribution >= 4 is 5.97 Å². The zero-order valence-corrected chi connectivity index (χ0v) is 10.3. The molecule has 0 spiro atoms. The summed E-state index contributed by atoms with van der Waals surface area (Å²) in [6.45, 7) is 4.15. The van der Waals surface area contributed by atoms with Gasteiger partial charge in [0.25, 0.3) is 0 Å². The van der Waals surface area contributed by atoms with Crippen molar-refractivity contribution in [2.24, 2.45) is 5.92 Å². The normalized spacial score (nSPS) is 14.4. The number of hydrogen-bond donors (Lipinski definition) is 3. The number of nitrogens with one attached hydrogen (secondary N) is 1. The Labute approximate surface area is 85.8 Å². The quantitative estimate of drug-likeness (QED) is 0.597. The molecule has 0 aliphatic heterocycles. The van der Waals surface area contributed by atoms with E-state index in [9.17, 15) is 9.90 Å². The van der Waals surface area contributed by atoms with Gasteiger partial charge in [0.05, 0.1) is 0 Å². The van der Waals surface area contributed by atoms with Crippen LogP contribution in [-0.2, 0) is 23.5 Å². The Morgan fingerprint density at radius 3 is 2.38 bits per heavy atom. The standard InChI is InChI=1S/C4H9.C3H5O3.CH4N.Au/c1-4(2)3;4-2-1-3(5)6;1-2;/h4H,1H2,2-3H3;2,4H,1H2,(H,5,6);2H,1H3;/q;;-1;+1. The van der Waals surface area contributed by atoms with Crippen molar-refractivity contribution < 1.29 is 33.7 Å². The molecule has 0 aromatic heterocycles. The van der Waals surface area contributed by atoms with Crippen LogP contribution in [0, 0.1) is 5.92 Å². The fourth-order valence-corrected chi connectivity index (χ4v) is 5.29. The molecule has 0 saturated heterocycles. The number of rotatable bonds is 6. The molecule has 0 unspecified atom stereocenters. The van der Waals surface area contributed by atoms with Crippen molar-refractivity contribution in [1.82, 2.24) is 3.72 Å². The number of hydrogen-bond acceptors (Lipinski definition) is 3. The number of carboxylic acid groups (broad SMARTS) is 1. The van der Waals surface area contributed by atoms with Crippen LogP contribution in [0.1, 0.15) is 20.3 Å². The maximum absolute atomic E-state index is 10.4. The molecule has 5 heteroatoms. The van der Waals surface area contributed by atoms with E-state index in [4.69, 9.17) is 5.11 Å². The fourth-order valence-electron chi connectivity index (χ4n) is 0.714. The van der Waals surface area contributed by atoms with Crippen LogP contribution in [0.4, 0.5) is 0 Å². The molecule has 4 nitrogen and oxygen atoms in total. The Balaban J connectivity index is 3.98. The van der Waals surface area contributed by atoms with Gasteiger partial charge in [-0.2, -0.15) is 0 Å². The summed E-state index contributed by atoms with van der Waals surface area (Å²) in [5.41, 5.74) is 0. The van der Waals surface area contributed by atoms with Crippen LogP contribution in [0.3, 0.4) is 0 Å². The van der Waals surface area contributed by atoms with E-state index in [-0.39, 0.29) is 6.42 Å². The van der Waals surface area contributed by atoms with Gasteiger partial charge >= 0.3 is 85.6 Å². The van der Waals surface area contributed by atoms with Crippen molar-refractivity contribution in [2.45, 2.75) is 29.2 Å². The summed E-state index contributed by atoms with van der Waals surface area (Å²) in [5.74, 6) is -0.413. The van der Waals surface area contributed by atoms with Crippen molar-refractivity contribution in [2.75, 3.05) is 7.05 Å². The first-order valence-corrected chi connectivity index (χ1v) is 7.91. The van der Waals surface area contributed by atoms with Gasteiger partial charge in [0.2, 0.25) is 0 Å². The second-order valence-corrected chi connectivity index (χ2v) is 8.65. The van der Waals surface area contributed by atoms with Crippen LogP contribution in [-0.4, -0.2) is 27.6 Å². The summed E-state index contributed by atoms with van der Waals surface area (Å²) in [7, 11) is 1.80. The first kappa shape index (κ1) is 13.1. The Kier molecular flexibility index (Phi) is 6.63. The molecule has 0 aromatic carbocycles. The van der Waals surface area contributed by atoms with E-state index < -0.39 is 29.0 Å². The van der Waals surface area contributed by atoms with Crippen LogP contribution in [0.15, 0.2) is 0 Å². The molecule has 3 N–H and O–H groups in total. The van der Waals surface area contributed by atoms with E-state index in [2.05, 4.69) is 17.6 Å². The zero-order chi connectivity index (χ0) is 10.4. The molecule has 0 bridgehead atoms. The second-order valence-electron chi connectivity index (χ2n) is 2.97. The number of carboxylic acids is 1. The number of aliphatic hydroxyl groups excluding tert-OH is 1. The molecule has 0 amide bonds. The van der Waals surface area contributed by atoms with Gasteiger partial charge in [0.15, 0.2) is 0 Å². The first-order chi connectivity index (χ1) is 5.97. The van der Waals surface area contributed by atoms with E-state index in [0.717, 1.165) is 4.64 Å². The molecule has 1 atom stereocenters. The van der Waals surface area contributed by atoms with E-state index in [0.29, 0.717) is 5.92 Å². The summed E-state index contributed by atoms with van der Waals surface area (Å²) >= 11 is -1.59. The van der Waals surface area contributed by atoms with Gasteiger partial charge in [-0.25, -0.2) is 0 Å². The summed E-state index contributed by atoms with van der Waals surface area (Å²) in [6.07, 6.45) is -0.130. The molecular formula is C8H18AuNO3. The van der Waals surface area contributed by atoms with Crippen molar-refractivity contribution in [3.63, 3.8) is 0 Å². The van der Waals surface area contributed by atoms with Gasteiger partial charge in [0.1, 0.15) is 0 Å². The third-order valence-electron chi connectivity index (χ3n) is 1.14. The maximum atomic E-state index is 10.4. The third kappa shape index (κ3) is 6.23. The first-order valence-electron chi connectivity index (χ1n) is 4.05. The molecule has 0 saturated carbocycles. The van der Waals surface area contributed by atoms with Crippen LogP contribution in [0.5, 0.6) is 0 Å². The monoisotopic (exact) mass is 373 g/mol. The molecule has 0 aliphatic carbocycles. The van der Waals surface area contributed by atoms with Gasteiger partial charge < -0.3 is 0 Å². The van der Waals surface area contributed by atoms with Gasteiger partial charge in [-0.05, 0) is 0 Å². The number of aliphatic hydroxyl groups is 1. The van der Waals surface area contributed by atoms with Crippen molar-refractivity contribution in [3.8, 4) is 0 Å². The average molecular weight is 373 g/mol. The molecule has 13 heavy (non-hydrogen) atoms. The molecule has 0 radical (unpaired) electrons. The van der Waals surface area contributed by atoms with Gasteiger partial charge in [-0.15, -0.1) is 0 Å². The predicted molar refractivity (Wildman–Crippen MR) is 47.0 cm³/mol. The predicted octanol–water partition coefficient (Wildman–Crippen LogP) is 0.606. The minimum absolute atomic E-state index is 0.130. The second kappa shape index (κ2) is 6.56. The van der Waals surface area contributed by atoms with Gasteiger partial charge in [-0.1, -0.05) is 0 Å². The molecule has 0 fully saturated rings. The molecule has 0 aliphatic rings. The number of aliphatic carboxylic acids is 1. The average Bonchev–Trinajstić information content (AvgIpc) is 1.98. The van der Waals surface area contributed by atoms with Crippen LogP contribution in [0.2, 0.25) is 4.64 Å². The summed E-state index contributed by atoms with van der Waals surface area (Å²) in [4.78, 5) is 10.4. The topological polar surface area (TPSA) is 69.6 Å². The van der Waals surface area contributed by atoms with Crippen LogP contribution >= 0.6 is 0 Å². The van der Waals surface area contributed by atoms with E-state index in [1.165, 1.54) is 0 Å². The number of carbonyl (C=O) groups is 1. The van der Waals surface area contributed by atoms with Crippen molar-refractivity contribution in [3.05, 3.63) is 0 Å². The van der Waals surface area contributed by atoms with E-state index in [1.807, 2.05) is 0 Å². The summed E-state index contributed by atoms with van der Waals surface area (Å²) < 4.78 is 3.35. The Hall–Kier alpha value is 0.130. The summed E-state index contributed by atoms with van der Waals surface area (Å²) in [5, 5.41) is 18.0. The molecule has 0 rings (SSSR count). The Bertz CT molecular complexity index is 163. The fraction of sp³-hybridized carbons (Fsp3) is 0.875. The molecular weight excluding hydrogens is 355 g/mol. The Morgan fingerprint density at radius 2 is 2.08 bits per heavy atom. The SMILES string of the molecule is C[NH][Au]([CH2]C(C)C)[C@@H](O)CC(=O)O. The van der Waals surface area contributed by atoms with Gasteiger partial charge in [0, 0.05) is 0 Å². The molecule has 0 aromatic rings. The minimum atomic E-state index is -1.59. The van der Waals surface area contributed by atoms with Crippen molar-refractivity contribution in [1.29, 1.82) is 0 Å². The Morgan fingerprint density at radius 1 is 1.54 bits per heavy atom. The zero-order valence-electron chi connectivity index (χ0n) is 8.17. The third-order valence-corrected chi connectivity index (χ3v) is 7.44. The van der Waals surface area contributed by atoms with E-state index >= 15 is 0 Å². The van der Waals surface area contributed by atoms with Gasteiger partial charge in [-0.3, -0.25) is 0 Å². The molecule has 84 valence electrons. The summed E-state index contributed by atoms with van der Waals surface area (Å²) in [6, 6.07) is 0. The molecule has 0 heterocycles. The van der Waals surface area contributed by atoms with Crippen LogP contribution in [0.25, 0.3) is 0 Å². The van der Waals surface area contributed by atoms with E-state index in [1.54, 1.807) is 7.05 Å².